The van der Waals surface area contributed by atoms with E-state index in [2.05, 4.69) is 31.9 Å². The van der Waals surface area contributed by atoms with Gasteiger partial charge in [0.25, 0.3) is 0 Å². The number of alkyl halides is 2. The minimum atomic E-state index is -0.310. The number of esters is 2. The Morgan fingerprint density at radius 2 is 0.955 bits per heavy atom. The van der Waals surface area contributed by atoms with Gasteiger partial charge in [0, 0.05) is 10.7 Å². The summed E-state index contributed by atoms with van der Waals surface area (Å²) >= 11 is 6.76. The van der Waals surface area contributed by atoms with E-state index in [1.165, 1.54) is 0 Å². The van der Waals surface area contributed by atoms with Crippen LogP contribution in [0.2, 0.25) is 0 Å². The molecule has 0 aliphatic rings. The normalized spacial score (nSPS) is 10.5. The average Bonchev–Trinajstić information content (AvgIpc) is 2.52. The average molecular weight is 444 g/mol. The number of hydrogen-bond acceptors (Lipinski definition) is 4. The molecule has 4 nitrogen and oxygen atoms in total. The SMILES string of the molecule is O=C(CCC(=O)OCCCCCCBr)OCCCCCCBr. The number of carbonyl (C=O) groups is 2. The predicted octanol–water partition coefficient (Wildman–Crippen LogP) is 4.76. The van der Waals surface area contributed by atoms with Gasteiger partial charge in [-0.25, -0.2) is 0 Å². The van der Waals surface area contributed by atoms with Gasteiger partial charge in [-0.1, -0.05) is 57.5 Å². The number of ether oxygens (including phenoxy) is 2. The summed E-state index contributed by atoms with van der Waals surface area (Å²) in [5, 5.41) is 2.04. The van der Waals surface area contributed by atoms with E-state index in [-0.39, 0.29) is 24.8 Å². The maximum Gasteiger partial charge on any atom is 0.306 e. The van der Waals surface area contributed by atoms with Crippen LogP contribution in [0, 0.1) is 0 Å². The highest BCUT2D eigenvalue weighted by atomic mass is 79.9. The van der Waals surface area contributed by atoms with Crippen molar-refractivity contribution in [3.05, 3.63) is 0 Å². The van der Waals surface area contributed by atoms with Crippen molar-refractivity contribution in [3.63, 3.8) is 0 Å². The molecule has 0 aliphatic heterocycles. The van der Waals surface area contributed by atoms with E-state index < -0.39 is 0 Å². The van der Waals surface area contributed by atoms with Gasteiger partial charge in [0.05, 0.1) is 26.1 Å². The summed E-state index contributed by atoms with van der Waals surface area (Å²) in [5.41, 5.74) is 0. The topological polar surface area (TPSA) is 52.6 Å². The summed E-state index contributed by atoms with van der Waals surface area (Å²) < 4.78 is 10.2. The predicted molar refractivity (Wildman–Crippen MR) is 95.7 cm³/mol. The summed E-state index contributed by atoms with van der Waals surface area (Å²) in [5.74, 6) is -0.621. The van der Waals surface area contributed by atoms with Crippen LogP contribution in [-0.4, -0.2) is 35.8 Å². The number of unbranched alkanes of at least 4 members (excludes halogenated alkanes) is 6. The Hall–Kier alpha value is -0.100. The van der Waals surface area contributed by atoms with E-state index in [1.807, 2.05) is 0 Å². The molecule has 0 radical (unpaired) electrons. The van der Waals surface area contributed by atoms with Crippen molar-refractivity contribution >= 4 is 43.8 Å². The molecule has 0 aliphatic carbocycles. The van der Waals surface area contributed by atoms with Gasteiger partial charge < -0.3 is 9.47 Å². The first kappa shape index (κ1) is 21.9. The van der Waals surface area contributed by atoms with Crippen molar-refractivity contribution in [1.82, 2.24) is 0 Å². The minimum Gasteiger partial charge on any atom is -0.466 e. The summed E-state index contributed by atoms with van der Waals surface area (Å²) in [6.07, 6.45) is 8.72. The van der Waals surface area contributed by atoms with Crippen LogP contribution in [0.25, 0.3) is 0 Å². The third-order valence-electron chi connectivity index (χ3n) is 3.12. The first-order valence-corrected chi connectivity index (χ1v) is 10.4. The van der Waals surface area contributed by atoms with E-state index in [1.54, 1.807) is 0 Å². The molecule has 0 aromatic carbocycles. The van der Waals surface area contributed by atoms with Crippen LogP contribution >= 0.6 is 31.9 Å². The lowest BCUT2D eigenvalue weighted by molar-refractivity contribution is -0.150. The molecule has 0 saturated carbocycles. The third kappa shape index (κ3) is 16.3. The molecular weight excluding hydrogens is 416 g/mol. The zero-order valence-electron chi connectivity index (χ0n) is 13.3. The quantitative estimate of drug-likeness (QED) is 0.208. The summed E-state index contributed by atoms with van der Waals surface area (Å²) in [6.45, 7) is 0.896. The highest BCUT2D eigenvalue weighted by molar-refractivity contribution is 9.09. The van der Waals surface area contributed by atoms with E-state index >= 15 is 0 Å². The first-order chi connectivity index (χ1) is 10.7. The molecule has 0 fully saturated rings. The van der Waals surface area contributed by atoms with Gasteiger partial charge in [0.1, 0.15) is 0 Å². The molecule has 130 valence electrons. The van der Waals surface area contributed by atoms with Crippen molar-refractivity contribution in [2.24, 2.45) is 0 Å². The molecule has 0 aromatic heterocycles. The number of halogens is 2. The molecule has 0 saturated heterocycles. The monoisotopic (exact) mass is 442 g/mol. The second-order valence-electron chi connectivity index (χ2n) is 5.15. The highest BCUT2D eigenvalue weighted by Gasteiger charge is 2.08. The molecule has 0 spiro atoms. The molecule has 0 amide bonds. The van der Waals surface area contributed by atoms with Gasteiger partial charge in [-0.2, -0.15) is 0 Å². The van der Waals surface area contributed by atoms with Crippen LogP contribution < -0.4 is 0 Å². The molecule has 22 heavy (non-hydrogen) atoms. The standard InChI is InChI=1S/C16H28Br2O4/c17-11-5-1-3-7-13-21-15(19)9-10-16(20)22-14-8-4-2-6-12-18/h1-14H2. The number of rotatable bonds is 15. The molecule has 0 atom stereocenters. The first-order valence-electron chi connectivity index (χ1n) is 8.14. The Morgan fingerprint density at radius 1 is 0.591 bits per heavy atom. The Labute approximate surface area is 150 Å². The zero-order valence-corrected chi connectivity index (χ0v) is 16.5. The van der Waals surface area contributed by atoms with Crippen molar-refractivity contribution in [2.75, 3.05) is 23.9 Å². The maximum absolute atomic E-state index is 11.4. The fourth-order valence-electron chi connectivity index (χ4n) is 1.82. The molecular formula is C16H28Br2O4. The van der Waals surface area contributed by atoms with E-state index in [4.69, 9.17) is 9.47 Å². The zero-order chi connectivity index (χ0) is 16.5. The summed E-state index contributed by atoms with van der Waals surface area (Å²) in [4.78, 5) is 22.9. The molecule has 0 unspecified atom stereocenters. The van der Waals surface area contributed by atoms with Gasteiger partial charge in [0.2, 0.25) is 0 Å². The fourth-order valence-corrected chi connectivity index (χ4v) is 2.61. The van der Waals surface area contributed by atoms with Crippen LogP contribution in [0.3, 0.4) is 0 Å². The van der Waals surface area contributed by atoms with Gasteiger partial charge >= 0.3 is 11.9 Å². The summed E-state index contributed by atoms with van der Waals surface area (Å²) in [7, 11) is 0. The lowest BCUT2D eigenvalue weighted by Crippen LogP contribution is -2.11. The Balaban J connectivity index is 3.36. The summed E-state index contributed by atoms with van der Waals surface area (Å²) in [6, 6.07) is 0. The number of hydrogen-bond donors (Lipinski definition) is 0. The lowest BCUT2D eigenvalue weighted by atomic mass is 10.2. The third-order valence-corrected chi connectivity index (χ3v) is 4.24. The van der Waals surface area contributed by atoms with Gasteiger partial charge in [-0.3, -0.25) is 9.59 Å². The molecule has 0 rings (SSSR count). The van der Waals surface area contributed by atoms with Crippen LogP contribution in [0.4, 0.5) is 0 Å². The Bertz CT molecular complexity index is 257. The van der Waals surface area contributed by atoms with Gasteiger partial charge in [-0.05, 0) is 25.7 Å². The molecule has 0 N–H and O–H groups in total. The minimum absolute atomic E-state index is 0.115. The maximum atomic E-state index is 11.4. The lowest BCUT2D eigenvalue weighted by Gasteiger charge is -2.06. The van der Waals surface area contributed by atoms with Crippen LogP contribution in [-0.2, 0) is 19.1 Å². The second-order valence-corrected chi connectivity index (χ2v) is 6.73. The van der Waals surface area contributed by atoms with Crippen molar-refractivity contribution in [1.29, 1.82) is 0 Å². The molecule has 0 bridgehead atoms. The van der Waals surface area contributed by atoms with Crippen molar-refractivity contribution in [3.8, 4) is 0 Å². The van der Waals surface area contributed by atoms with E-state index in [9.17, 15) is 9.59 Å². The smallest absolute Gasteiger partial charge is 0.306 e. The van der Waals surface area contributed by atoms with Gasteiger partial charge in [-0.15, -0.1) is 0 Å². The van der Waals surface area contributed by atoms with Gasteiger partial charge in [0.15, 0.2) is 0 Å². The molecule has 6 heteroatoms. The highest BCUT2D eigenvalue weighted by Crippen LogP contribution is 2.05. The molecule has 0 heterocycles. The fraction of sp³-hybridized carbons (Fsp3) is 0.875. The van der Waals surface area contributed by atoms with E-state index in [0.717, 1.165) is 62.0 Å². The largest absolute Gasteiger partial charge is 0.466 e. The molecule has 0 aromatic rings. The van der Waals surface area contributed by atoms with Crippen LogP contribution in [0.5, 0.6) is 0 Å². The van der Waals surface area contributed by atoms with Crippen molar-refractivity contribution < 1.29 is 19.1 Å². The second kappa shape index (κ2) is 17.3. The number of carbonyl (C=O) groups excluding carboxylic acids is 2. The van der Waals surface area contributed by atoms with Crippen molar-refractivity contribution in [2.45, 2.75) is 64.2 Å². The van der Waals surface area contributed by atoms with Crippen LogP contribution in [0.15, 0.2) is 0 Å². The van der Waals surface area contributed by atoms with Crippen LogP contribution in [0.1, 0.15) is 64.2 Å². The van der Waals surface area contributed by atoms with E-state index in [0.29, 0.717) is 13.2 Å². The Kier molecular flexibility index (Phi) is 17.2. The Morgan fingerprint density at radius 3 is 1.32 bits per heavy atom.